The van der Waals surface area contributed by atoms with Crippen molar-refractivity contribution in [2.45, 2.75) is 6.92 Å². The second-order valence-corrected chi connectivity index (χ2v) is 6.22. The van der Waals surface area contributed by atoms with E-state index in [0.717, 1.165) is 26.4 Å². The molecular weight excluding hydrogens is 326 g/mol. The standard InChI is InChI=1S/C14H14ClN3OS2/c1-9(12-7-8-13(15)21-12)17-18-14(20)16-10-3-5-11(19-2)6-4-10/h3-8H,1-2H3,(H2,16,18,20)/b17-9-. The van der Waals surface area contributed by atoms with Crippen molar-refractivity contribution in [1.29, 1.82) is 0 Å². The number of halogens is 1. The van der Waals surface area contributed by atoms with Gasteiger partial charge in [0.25, 0.3) is 0 Å². The van der Waals surface area contributed by atoms with Crippen molar-refractivity contribution in [1.82, 2.24) is 5.43 Å². The van der Waals surface area contributed by atoms with Crippen LogP contribution in [0.3, 0.4) is 0 Å². The number of hydrogen-bond donors (Lipinski definition) is 2. The largest absolute Gasteiger partial charge is 0.497 e. The lowest BCUT2D eigenvalue weighted by atomic mass is 10.3. The quantitative estimate of drug-likeness (QED) is 0.499. The summed E-state index contributed by atoms with van der Waals surface area (Å²) >= 11 is 12.6. The molecule has 0 radical (unpaired) electrons. The van der Waals surface area contributed by atoms with E-state index in [1.807, 2.05) is 43.3 Å². The predicted octanol–water partition coefficient (Wildman–Crippen LogP) is 4.12. The number of thiocarbonyl (C=S) groups is 1. The number of rotatable bonds is 4. The zero-order valence-corrected chi connectivity index (χ0v) is 13.9. The highest BCUT2D eigenvalue weighted by Gasteiger charge is 2.02. The summed E-state index contributed by atoms with van der Waals surface area (Å²) in [4.78, 5) is 1.000. The van der Waals surface area contributed by atoms with Crippen molar-refractivity contribution in [3.05, 3.63) is 45.6 Å². The second-order valence-electron chi connectivity index (χ2n) is 4.10. The molecule has 0 spiro atoms. The number of hydrogen-bond acceptors (Lipinski definition) is 4. The Morgan fingerprint density at radius 2 is 1.95 bits per heavy atom. The van der Waals surface area contributed by atoms with Crippen LogP contribution in [0.4, 0.5) is 5.69 Å². The van der Waals surface area contributed by atoms with Gasteiger partial charge in [-0.1, -0.05) is 11.6 Å². The van der Waals surface area contributed by atoms with Crippen molar-refractivity contribution in [2.75, 3.05) is 12.4 Å². The number of hydrazone groups is 1. The molecule has 21 heavy (non-hydrogen) atoms. The van der Waals surface area contributed by atoms with Crippen LogP contribution >= 0.6 is 35.2 Å². The number of benzene rings is 1. The molecule has 0 unspecified atom stereocenters. The molecule has 110 valence electrons. The molecule has 0 aliphatic carbocycles. The van der Waals surface area contributed by atoms with Crippen LogP contribution in [0.15, 0.2) is 41.5 Å². The topological polar surface area (TPSA) is 45.6 Å². The number of nitrogens with zero attached hydrogens (tertiary/aromatic N) is 1. The molecule has 2 rings (SSSR count). The minimum Gasteiger partial charge on any atom is -0.497 e. The van der Waals surface area contributed by atoms with Crippen molar-refractivity contribution >= 4 is 51.7 Å². The van der Waals surface area contributed by atoms with E-state index in [9.17, 15) is 0 Å². The Labute approximate surface area is 137 Å². The molecule has 2 aromatic rings. The average Bonchev–Trinajstić information content (AvgIpc) is 2.92. The fraction of sp³-hybridized carbons (Fsp3) is 0.143. The van der Waals surface area contributed by atoms with Gasteiger partial charge in [0.1, 0.15) is 5.75 Å². The number of anilines is 1. The summed E-state index contributed by atoms with van der Waals surface area (Å²) in [6.07, 6.45) is 0. The molecular formula is C14H14ClN3OS2. The highest BCUT2D eigenvalue weighted by atomic mass is 35.5. The van der Waals surface area contributed by atoms with Crippen LogP contribution in [0.5, 0.6) is 5.75 Å². The minimum absolute atomic E-state index is 0.419. The van der Waals surface area contributed by atoms with Crippen molar-refractivity contribution in [3.63, 3.8) is 0 Å². The van der Waals surface area contributed by atoms with E-state index in [-0.39, 0.29) is 0 Å². The highest BCUT2D eigenvalue weighted by molar-refractivity contribution is 7.80. The van der Waals surface area contributed by atoms with E-state index >= 15 is 0 Å². The Morgan fingerprint density at radius 3 is 2.52 bits per heavy atom. The molecule has 0 amide bonds. The van der Waals surface area contributed by atoms with Crippen LogP contribution in [0.2, 0.25) is 4.34 Å². The molecule has 4 nitrogen and oxygen atoms in total. The summed E-state index contributed by atoms with van der Waals surface area (Å²) in [6, 6.07) is 11.2. The van der Waals surface area contributed by atoms with Gasteiger partial charge in [-0.2, -0.15) is 5.10 Å². The summed E-state index contributed by atoms with van der Waals surface area (Å²) in [5.74, 6) is 0.794. The van der Waals surface area contributed by atoms with Gasteiger partial charge in [0.05, 0.1) is 22.0 Å². The molecule has 0 saturated carbocycles. The predicted molar refractivity (Wildman–Crippen MR) is 93.9 cm³/mol. The molecule has 0 fully saturated rings. The molecule has 2 N–H and O–H groups in total. The first-order valence-electron chi connectivity index (χ1n) is 6.09. The summed E-state index contributed by atoms with van der Waals surface area (Å²) in [6.45, 7) is 1.89. The van der Waals surface area contributed by atoms with Gasteiger partial charge in [-0.3, -0.25) is 5.43 Å². The third-order valence-electron chi connectivity index (χ3n) is 2.60. The Balaban J connectivity index is 1.92. The molecule has 1 heterocycles. The highest BCUT2D eigenvalue weighted by Crippen LogP contribution is 2.21. The molecule has 0 saturated heterocycles. The van der Waals surface area contributed by atoms with Crippen LogP contribution < -0.4 is 15.5 Å². The van der Waals surface area contributed by atoms with E-state index in [4.69, 9.17) is 28.6 Å². The monoisotopic (exact) mass is 339 g/mol. The summed E-state index contributed by atoms with van der Waals surface area (Å²) in [7, 11) is 1.63. The Kier molecular flexibility index (Phi) is 5.55. The van der Waals surface area contributed by atoms with Gasteiger partial charge >= 0.3 is 0 Å². The molecule has 7 heteroatoms. The van der Waals surface area contributed by atoms with Crippen molar-refractivity contribution in [3.8, 4) is 5.75 Å². The van der Waals surface area contributed by atoms with Gasteiger partial charge in [-0.15, -0.1) is 11.3 Å². The third-order valence-corrected chi connectivity index (χ3v) is 4.14. The normalized spacial score (nSPS) is 11.1. The van der Waals surface area contributed by atoms with Crippen LogP contribution in [-0.2, 0) is 0 Å². The van der Waals surface area contributed by atoms with Gasteiger partial charge in [-0.25, -0.2) is 0 Å². The zero-order chi connectivity index (χ0) is 15.2. The molecule has 0 aliphatic rings. The van der Waals surface area contributed by atoms with Crippen LogP contribution in [0.25, 0.3) is 0 Å². The Morgan fingerprint density at radius 1 is 1.24 bits per heavy atom. The van der Waals surface area contributed by atoms with E-state index in [1.54, 1.807) is 7.11 Å². The number of ether oxygens (including phenoxy) is 1. The smallest absolute Gasteiger partial charge is 0.191 e. The van der Waals surface area contributed by atoms with Crippen molar-refractivity contribution in [2.24, 2.45) is 5.10 Å². The van der Waals surface area contributed by atoms with Gasteiger partial charge in [-0.05, 0) is 55.5 Å². The molecule has 0 bridgehead atoms. The zero-order valence-electron chi connectivity index (χ0n) is 11.5. The second kappa shape index (κ2) is 7.40. The SMILES string of the molecule is COc1ccc(NC(=S)N/N=C(/C)c2ccc(Cl)s2)cc1. The lowest BCUT2D eigenvalue weighted by molar-refractivity contribution is 0.415. The van der Waals surface area contributed by atoms with E-state index in [0.29, 0.717) is 5.11 Å². The summed E-state index contributed by atoms with van der Waals surface area (Å²) in [5, 5.41) is 7.69. The van der Waals surface area contributed by atoms with E-state index in [1.165, 1.54) is 11.3 Å². The van der Waals surface area contributed by atoms with Gasteiger partial charge < -0.3 is 10.1 Å². The van der Waals surface area contributed by atoms with E-state index in [2.05, 4.69) is 15.8 Å². The van der Waals surface area contributed by atoms with Crippen molar-refractivity contribution < 1.29 is 4.74 Å². The number of methoxy groups -OCH3 is 1. The maximum absolute atomic E-state index is 5.89. The van der Waals surface area contributed by atoms with Crippen LogP contribution in [0.1, 0.15) is 11.8 Å². The fourth-order valence-electron chi connectivity index (χ4n) is 1.53. The third kappa shape index (κ3) is 4.70. The first kappa shape index (κ1) is 15.8. The first-order chi connectivity index (χ1) is 10.1. The fourth-order valence-corrected chi connectivity index (χ4v) is 2.68. The molecule has 1 aromatic carbocycles. The number of nitrogens with one attached hydrogen (secondary N) is 2. The van der Waals surface area contributed by atoms with Gasteiger partial charge in [0, 0.05) is 5.69 Å². The van der Waals surface area contributed by atoms with Gasteiger partial charge in [0.15, 0.2) is 5.11 Å². The minimum atomic E-state index is 0.419. The molecule has 0 atom stereocenters. The summed E-state index contributed by atoms with van der Waals surface area (Å²) < 4.78 is 5.83. The first-order valence-corrected chi connectivity index (χ1v) is 7.70. The van der Waals surface area contributed by atoms with Crippen LogP contribution in [0, 0.1) is 0 Å². The molecule has 0 aliphatic heterocycles. The summed E-state index contributed by atoms with van der Waals surface area (Å²) in [5.41, 5.74) is 4.49. The number of thiophene rings is 1. The van der Waals surface area contributed by atoms with E-state index < -0.39 is 0 Å². The molecule has 1 aromatic heterocycles. The van der Waals surface area contributed by atoms with Gasteiger partial charge in [0.2, 0.25) is 0 Å². The maximum atomic E-state index is 5.89. The Hall–Kier alpha value is -1.63. The average molecular weight is 340 g/mol. The lowest BCUT2D eigenvalue weighted by Crippen LogP contribution is -2.24. The Bertz CT molecular complexity index is 652. The maximum Gasteiger partial charge on any atom is 0.191 e. The van der Waals surface area contributed by atoms with Crippen LogP contribution in [-0.4, -0.2) is 17.9 Å². The lowest BCUT2D eigenvalue weighted by Gasteiger charge is -2.08.